The van der Waals surface area contributed by atoms with Crippen molar-refractivity contribution in [2.75, 3.05) is 6.54 Å². The summed E-state index contributed by atoms with van der Waals surface area (Å²) in [7, 11) is 0. The van der Waals surface area contributed by atoms with Gasteiger partial charge in [0.05, 0.1) is 11.5 Å². The third-order valence-corrected chi connectivity index (χ3v) is 5.01. The molecule has 1 heterocycles. The summed E-state index contributed by atoms with van der Waals surface area (Å²) < 4.78 is 5.53. The first-order valence-corrected chi connectivity index (χ1v) is 8.35. The highest BCUT2D eigenvalue weighted by molar-refractivity contribution is 5.79. The lowest BCUT2D eigenvalue weighted by atomic mass is 9.58. The summed E-state index contributed by atoms with van der Waals surface area (Å²) >= 11 is 0. The van der Waals surface area contributed by atoms with Crippen LogP contribution in [0.5, 0.6) is 0 Å². The minimum atomic E-state index is -0.924. The second-order valence-corrected chi connectivity index (χ2v) is 8.96. The van der Waals surface area contributed by atoms with E-state index in [1.807, 2.05) is 20.8 Å². The van der Waals surface area contributed by atoms with Crippen LogP contribution >= 0.6 is 0 Å². The summed E-state index contributed by atoms with van der Waals surface area (Å²) in [6.07, 6.45) is 1.99. The average Bonchev–Trinajstić information content (AvgIpc) is 2.31. The highest BCUT2D eigenvalue weighted by Crippen LogP contribution is 2.50. The number of ether oxygens (including phenoxy) is 1. The van der Waals surface area contributed by atoms with Crippen LogP contribution in [0.2, 0.25) is 0 Å². The van der Waals surface area contributed by atoms with Gasteiger partial charge in [-0.2, -0.15) is 0 Å². The maximum absolute atomic E-state index is 12.7. The third kappa shape index (κ3) is 3.62. The molecule has 1 unspecified atom stereocenters. The first kappa shape index (κ1) is 18.0. The molecule has 1 saturated heterocycles. The van der Waals surface area contributed by atoms with Gasteiger partial charge in [0.2, 0.25) is 0 Å². The van der Waals surface area contributed by atoms with Crippen molar-refractivity contribution < 1.29 is 19.4 Å². The number of hydrogen-bond acceptors (Lipinski definition) is 4. The lowest BCUT2D eigenvalue weighted by molar-refractivity contribution is -0.165. The van der Waals surface area contributed by atoms with Crippen molar-refractivity contribution in [1.29, 1.82) is 0 Å². The fraction of sp³-hybridized carbons (Fsp3) is 0.882. The largest absolute Gasteiger partial charge is 0.481 e. The Morgan fingerprint density at radius 1 is 1.26 bits per heavy atom. The Labute approximate surface area is 138 Å². The monoisotopic (exact) mass is 326 g/mol. The molecular formula is C17H30N2O4. The van der Waals surface area contributed by atoms with Crippen LogP contribution in [0.15, 0.2) is 0 Å². The van der Waals surface area contributed by atoms with Gasteiger partial charge >= 0.3 is 12.1 Å². The van der Waals surface area contributed by atoms with Crippen molar-refractivity contribution >= 4 is 12.1 Å². The number of aliphatic carboxylic acids is 1. The lowest BCUT2D eigenvalue weighted by Crippen LogP contribution is -2.65. The Balaban J connectivity index is 2.28. The number of nitrogens with zero attached hydrogens (tertiary/aromatic N) is 1. The SMILES string of the molecule is CC1(C)CCC(C2(C(=O)O)CC(N)C2)N(C(=O)OC(C)(C)C)C1. The molecule has 1 aliphatic carbocycles. The molecule has 1 saturated carbocycles. The molecule has 0 aromatic heterocycles. The zero-order chi connectivity index (χ0) is 17.6. The summed E-state index contributed by atoms with van der Waals surface area (Å²) in [5.74, 6) is -0.850. The number of carbonyl (C=O) groups excluding carboxylic acids is 1. The quantitative estimate of drug-likeness (QED) is 0.813. The standard InChI is InChI=1S/C17H30N2O4/c1-15(2,3)23-14(22)19-10-16(4,5)7-6-12(19)17(13(20)21)8-11(18)9-17/h11-12H,6-10,18H2,1-5H3,(H,20,21). The van der Waals surface area contributed by atoms with Crippen molar-refractivity contribution in [1.82, 2.24) is 4.90 Å². The third-order valence-electron chi connectivity index (χ3n) is 5.01. The molecule has 1 amide bonds. The Hall–Kier alpha value is -1.30. The maximum atomic E-state index is 12.7. The average molecular weight is 326 g/mol. The van der Waals surface area contributed by atoms with Crippen LogP contribution < -0.4 is 5.73 Å². The number of likely N-dealkylation sites (tertiary alicyclic amines) is 1. The zero-order valence-electron chi connectivity index (χ0n) is 14.9. The summed E-state index contributed by atoms with van der Waals surface area (Å²) in [6.45, 7) is 10.2. The fourth-order valence-electron chi connectivity index (χ4n) is 3.89. The number of rotatable bonds is 2. The molecule has 6 heteroatoms. The van der Waals surface area contributed by atoms with E-state index < -0.39 is 23.1 Å². The zero-order valence-corrected chi connectivity index (χ0v) is 14.9. The molecule has 23 heavy (non-hydrogen) atoms. The molecule has 0 radical (unpaired) electrons. The molecule has 1 atom stereocenters. The summed E-state index contributed by atoms with van der Waals surface area (Å²) in [4.78, 5) is 26.3. The van der Waals surface area contributed by atoms with Crippen LogP contribution in [0.3, 0.4) is 0 Å². The van der Waals surface area contributed by atoms with Crippen molar-refractivity contribution in [3.63, 3.8) is 0 Å². The first-order chi connectivity index (χ1) is 10.4. The van der Waals surface area contributed by atoms with Gasteiger partial charge in [-0.25, -0.2) is 4.79 Å². The van der Waals surface area contributed by atoms with Gasteiger partial charge < -0.3 is 20.5 Å². The van der Waals surface area contributed by atoms with E-state index in [9.17, 15) is 14.7 Å². The fourth-order valence-corrected chi connectivity index (χ4v) is 3.89. The van der Waals surface area contributed by atoms with E-state index in [-0.39, 0.29) is 17.5 Å². The number of hydrogen-bond donors (Lipinski definition) is 2. The van der Waals surface area contributed by atoms with E-state index in [0.29, 0.717) is 25.8 Å². The van der Waals surface area contributed by atoms with Gasteiger partial charge in [0.15, 0.2) is 0 Å². The van der Waals surface area contributed by atoms with Gasteiger partial charge in [-0.1, -0.05) is 13.8 Å². The second-order valence-electron chi connectivity index (χ2n) is 8.96. The van der Waals surface area contributed by atoms with Crippen LogP contribution in [0.25, 0.3) is 0 Å². The Morgan fingerprint density at radius 2 is 1.83 bits per heavy atom. The second kappa shape index (κ2) is 5.65. The topological polar surface area (TPSA) is 92.9 Å². The van der Waals surface area contributed by atoms with E-state index in [2.05, 4.69) is 13.8 Å². The number of carboxylic acid groups (broad SMARTS) is 1. The van der Waals surface area contributed by atoms with Gasteiger partial charge in [-0.15, -0.1) is 0 Å². The van der Waals surface area contributed by atoms with Crippen molar-refractivity contribution in [2.45, 2.75) is 78.0 Å². The molecule has 3 N–H and O–H groups in total. The van der Waals surface area contributed by atoms with Crippen LogP contribution in [-0.4, -0.2) is 46.3 Å². The molecule has 6 nitrogen and oxygen atoms in total. The van der Waals surface area contributed by atoms with Gasteiger partial charge in [0.1, 0.15) is 5.60 Å². The van der Waals surface area contributed by atoms with Crippen LogP contribution in [-0.2, 0) is 9.53 Å². The number of carboxylic acids is 1. The predicted octanol–water partition coefficient (Wildman–Crippen LogP) is 2.60. The van der Waals surface area contributed by atoms with Crippen molar-refractivity contribution in [2.24, 2.45) is 16.6 Å². The van der Waals surface area contributed by atoms with Crippen LogP contribution in [0.1, 0.15) is 60.3 Å². The summed E-state index contributed by atoms with van der Waals surface area (Å²) in [6, 6.07) is -0.441. The Bertz CT molecular complexity index is 489. The smallest absolute Gasteiger partial charge is 0.410 e. The molecule has 0 bridgehead atoms. The molecule has 132 valence electrons. The van der Waals surface area contributed by atoms with Crippen LogP contribution in [0.4, 0.5) is 4.79 Å². The predicted molar refractivity (Wildman–Crippen MR) is 87.0 cm³/mol. The van der Waals surface area contributed by atoms with E-state index in [1.165, 1.54) is 0 Å². The van der Waals surface area contributed by atoms with E-state index in [0.717, 1.165) is 6.42 Å². The number of amides is 1. The maximum Gasteiger partial charge on any atom is 0.410 e. The summed E-state index contributed by atoms with van der Waals surface area (Å²) in [5, 5.41) is 9.78. The van der Waals surface area contributed by atoms with E-state index in [1.54, 1.807) is 4.90 Å². The highest BCUT2D eigenvalue weighted by Gasteiger charge is 2.58. The molecule has 2 aliphatic rings. The molecule has 0 aromatic carbocycles. The minimum Gasteiger partial charge on any atom is -0.481 e. The molecule has 2 fully saturated rings. The Kier molecular flexibility index (Phi) is 4.43. The molecule has 2 rings (SSSR count). The molecule has 1 aliphatic heterocycles. The van der Waals surface area contributed by atoms with Gasteiger partial charge in [-0.3, -0.25) is 4.79 Å². The van der Waals surface area contributed by atoms with Gasteiger partial charge in [0, 0.05) is 12.6 Å². The number of piperidine rings is 1. The molecular weight excluding hydrogens is 296 g/mol. The Morgan fingerprint density at radius 3 is 2.26 bits per heavy atom. The normalized spacial score (nSPS) is 33.7. The van der Waals surface area contributed by atoms with Gasteiger partial charge in [0.25, 0.3) is 0 Å². The lowest BCUT2D eigenvalue weighted by Gasteiger charge is -2.55. The van der Waals surface area contributed by atoms with E-state index >= 15 is 0 Å². The van der Waals surface area contributed by atoms with Gasteiger partial charge in [-0.05, 0) is 51.9 Å². The van der Waals surface area contributed by atoms with Crippen molar-refractivity contribution in [3.05, 3.63) is 0 Å². The number of carbonyl (C=O) groups is 2. The first-order valence-electron chi connectivity index (χ1n) is 8.35. The summed E-state index contributed by atoms with van der Waals surface area (Å²) in [5.41, 5.74) is 4.31. The minimum absolute atomic E-state index is 0.0427. The molecule has 0 spiro atoms. The van der Waals surface area contributed by atoms with Crippen molar-refractivity contribution in [3.8, 4) is 0 Å². The van der Waals surface area contributed by atoms with E-state index in [4.69, 9.17) is 10.5 Å². The number of nitrogens with two attached hydrogens (primary N) is 1. The highest BCUT2D eigenvalue weighted by atomic mass is 16.6. The van der Waals surface area contributed by atoms with Crippen LogP contribution in [0, 0.1) is 10.8 Å². The molecule has 0 aromatic rings.